The van der Waals surface area contributed by atoms with E-state index in [1.54, 1.807) is 14.2 Å². The predicted molar refractivity (Wildman–Crippen MR) is 154 cm³/mol. The molecule has 8 nitrogen and oxygen atoms in total. The summed E-state index contributed by atoms with van der Waals surface area (Å²) in [5, 5.41) is 0. The van der Waals surface area contributed by atoms with Crippen molar-refractivity contribution in [2.45, 2.75) is 51.2 Å². The van der Waals surface area contributed by atoms with Crippen molar-refractivity contribution < 1.29 is 14.3 Å². The SMILES string of the molecule is CCN1C(=O)N2Cc3cc(OC)cc(OC)c3C(C)C=C2C12CCN(Cc1cnc(-c3ccccc3)nc1)CC2. The lowest BCUT2D eigenvalue weighted by atomic mass is 9.82. The summed E-state index contributed by atoms with van der Waals surface area (Å²) in [7, 11) is 3.36. The Morgan fingerprint density at radius 3 is 2.40 bits per heavy atom. The fraction of sp³-hybridized carbons (Fsp3) is 0.406. The molecule has 4 heterocycles. The van der Waals surface area contributed by atoms with Gasteiger partial charge in [-0.3, -0.25) is 9.80 Å². The number of benzene rings is 2. The molecule has 6 rings (SSSR count). The third kappa shape index (κ3) is 4.40. The molecule has 0 saturated carbocycles. The predicted octanol–water partition coefficient (Wildman–Crippen LogP) is 5.45. The van der Waals surface area contributed by atoms with Gasteiger partial charge in [-0.05, 0) is 31.4 Å². The van der Waals surface area contributed by atoms with E-state index in [9.17, 15) is 4.79 Å². The largest absolute Gasteiger partial charge is 0.497 e. The van der Waals surface area contributed by atoms with Gasteiger partial charge >= 0.3 is 6.03 Å². The van der Waals surface area contributed by atoms with E-state index in [4.69, 9.17) is 9.47 Å². The second kappa shape index (κ2) is 10.6. The number of amides is 2. The van der Waals surface area contributed by atoms with Crippen molar-refractivity contribution in [2.75, 3.05) is 33.9 Å². The zero-order chi connectivity index (χ0) is 27.9. The monoisotopic (exact) mass is 539 g/mol. The maximum Gasteiger partial charge on any atom is 0.325 e. The molecule has 1 atom stereocenters. The van der Waals surface area contributed by atoms with Crippen LogP contribution in [-0.2, 0) is 13.1 Å². The maximum absolute atomic E-state index is 13.9. The molecular weight excluding hydrogens is 502 g/mol. The highest BCUT2D eigenvalue weighted by molar-refractivity contribution is 5.83. The molecule has 0 N–H and O–H groups in total. The highest BCUT2D eigenvalue weighted by Gasteiger charge is 2.54. The third-order valence-electron chi connectivity index (χ3n) is 8.74. The highest BCUT2D eigenvalue weighted by Crippen LogP contribution is 2.49. The Balaban J connectivity index is 1.23. The molecule has 3 aromatic rings. The molecular formula is C32H37N5O3. The summed E-state index contributed by atoms with van der Waals surface area (Å²) in [5.74, 6) is 2.41. The van der Waals surface area contributed by atoms with E-state index in [1.165, 1.54) is 0 Å². The van der Waals surface area contributed by atoms with Gasteiger partial charge in [0, 0.05) is 72.9 Å². The van der Waals surface area contributed by atoms with Crippen molar-refractivity contribution in [3.63, 3.8) is 0 Å². The molecule has 3 aliphatic rings. The summed E-state index contributed by atoms with van der Waals surface area (Å²) >= 11 is 0. The van der Waals surface area contributed by atoms with Crippen LogP contribution >= 0.6 is 0 Å². The molecule has 2 aromatic carbocycles. The van der Waals surface area contributed by atoms with Crippen molar-refractivity contribution >= 4 is 6.03 Å². The molecule has 0 bridgehead atoms. The van der Waals surface area contributed by atoms with E-state index in [-0.39, 0.29) is 17.5 Å². The number of rotatable bonds is 6. The molecule has 0 aliphatic carbocycles. The minimum Gasteiger partial charge on any atom is -0.497 e. The number of carbonyl (C=O) groups is 1. The summed E-state index contributed by atoms with van der Waals surface area (Å²) in [6.07, 6.45) is 7.96. The Morgan fingerprint density at radius 1 is 1.02 bits per heavy atom. The van der Waals surface area contributed by atoms with Crippen molar-refractivity contribution in [3.8, 4) is 22.9 Å². The number of allylic oxidation sites excluding steroid dienone is 1. The van der Waals surface area contributed by atoms with Crippen LogP contribution in [0.2, 0.25) is 0 Å². The first-order valence-electron chi connectivity index (χ1n) is 14.1. The Morgan fingerprint density at radius 2 is 1.75 bits per heavy atom. The van der Waals surface area contributed by atoms with Gasteiger partial charge in [0.05, 0.1) is 26.3 Å². The quantitative estimate of drug-likeness (QED) is 0.415. The Bertz CT molecular complexity index is 1410. The van der Waals surface area contributed by atoms with E-state index in [0.29, 0.717) is 13.1 Å². The molecule has 1 unspecified atom stereocenters. The number of urea groups is 1. The van der Waals surface area contributed by atoms with E-state index < -0.39 is 0 Å². The normalized spacial score (nSPS) is 20.1. The number of piperidine rings is 1. The first kappa shape index (κ1) is 26.3. The highest BCUT2D eigenvalue weighted by atomic mass is 16.5. The van der Waals surface area contributed by atoms with Gasteiger partial charge in [0.1, 0.15) is 11.5 Å². The van der Waals surface area contributed by atoms with Gasteiger partial charge in [-0.25, -0.2) is 14.8 Å². The minimum absolute atomic E-state index is 0.0916. The van der Waals surface area contributed by atoms with E-state index in [1.807, 2.05) is 59.8 Å². The van der Waals surface area contributed by atoms with Gasteiger partial charge in [-0.1, -0.05) is 43.3 Å². The molecule has 208 valence electrons. The molecule has 40 heavy (non-hydrogen) atoms. The van der Waals surface area contributed by atoms with E-state index in [0.717, 1.165) is 77.8 Å². The van der Waals surface area contributed by atoms with Gasteiger partial charge in [-0.2, -0.15) is 0 Å². The van der Waals surface area contributed by atoms with Gasteiger partial charge in [0.2, 0.25) is 0 Å². The molecule has 1 aromatic heterocycles. The van der Waals surface area contributed by atoms with Crippen LogP contribution in [0.4, 0.5) is 4.79 Å². The Kier molecular flexibility index (Phi) is 6.96. The summed E-state index contributed by atoms with van der Waals surface area (Å²) in [5.41, 5.74) is 5.17. The maximum atomic E-state index is 13.9. The average molecular weight is 540 g/mol. The second-order valence-corrected chi connectivity index (χ2v) is 10.9. The fourth-order valence-electron chi connectivity index (χ4n) is 6.78. The number of hydrogen-bond donors (Lipinski definition) is 0. The first-order chi connectivity index (χ1) is 19.5. The second-order valence-electron chi connectivity index (χ2n) is 10.9. The summed E-state index contributed by atoms with van der Waals surface area (Å²) in [4.78, 5) is 29.6. The number of methoxy groups -OCH3 is 2. The molecule has 3 aliphatic heterocycles. The van der Waals surface area contributed by atoms with E-state index in [2.05, 4.69) is 39.7 Å². The number of aromatic nitrogens is 2. The summed E-state index contributed by atoms with van der Waals surface area (Å²) in [6.45, 7) is 8.09. The van der Waals surface area contributed by atoms with Crippen molar-refractivity contribution in [1.82, 2.24) is 24.7 Å². The molecule has 2 amide bonds. The molecule has 1 spiro atoms. The zero-order valence-corrected chi connectivity index (χ0v) is 23.8. The number of carbonyl (C=O) groups excluding carboxylic acids is 1. The van der Waals surface area contributed by atoms with Crippen molar-refractivity contribution in [2.24, 2.45) is 0 Å². The van der Waals surface area contributed by atoms with Crippen LogP contribution in [0, 0.1) is 0 Å². The van der Waals surface area contributed by atoms with Crippen LogP contribution in [-0.4, -0.2) is 70.1 Å². The topological polar surface area (TPSA) is 71.0 Å². The number of nitrogens with zero attached hydrogens (tertiary/aromatic N) is 5. The molecule has 2 fully saturated rings. The lowest BCUT2D eigenvalue weighted by Gasteiger charge is -2.44. The fourth-order valence-corrected chi connectivity index (χ4v) is 6.78. The summed E-state index contributed by atoms with van der Waals surface area (Å²) < 4.78 is 11.3. The third-order valence-corrected chi connectivity index (χ3v) is 8.74. The number of ether oxygens (including phenoxy) is 2. The lowest BCUT2D eigenvalue weighted by Crippen LogP contribution is -2.53. The number of likely N-dealkylation sites (N-methyl/N-ethyl adjacent to an activating group) is 1. The average Bonchev–Trinajstić information content (AvgIpc) is 3.09. The molecule has 2 saturated heterocycles. The number of hydrogen-bond acceptors (Lipinski definition) is 6. The summed E-state index contributed by atoms with van der Waals surface area (Å²) in [6, 6.07) is 14.1. The molecule has 8 heteroatoms. The van der Waals surface area contributed by atoms with Gasteiger partial charge < -0.3 is 14.4 Å². The Labute approximate surface area is 236 Å². The van der Waals surface area contributed by atoms with Gasteiger partial charge in [-0.15, -0.1) is 0 Å². The lowest BCUT2D eigenvalue weighted by molar-refractivity contribution is 0.0887. The zero-order valence-electron chi connectivity index (χ0n) is 23.8. The molecule has 0 radical (unpaired) electrons. The van der Waals surface area contributed by atoms with Crippen LogP contribution in [0.1, 0.15) is 49.3 Å². The smallest absolute Gasteiger partial charge is 0.325 e. The van der Waals surface area contributed by atoms with Crippen molar-refractivity contribution in [1.29, 1.82) is 0 Å². The first-order valence-corrected chi connectivity index (χ1v) is 14.1. The number of likely N-dealkylation sites (tertiary alicyclic amines) is 1. The minimum atomic E-state index is -0.302. The van der Waals surface area contributed by atoms with Crippen LogP contribution in [0.15, 0.2) is 66.6 Å². The van der Waals surface area contributed by atoms with Crippen LogP contribution in [0.3, 0.4) is 0 Å². The standard InChI is InChI=1S/C32H37N5O3/c1-5-37-31(38)36-21-25-16-26(39-3)17-27(40-4)29(25)22(2)15-28(36)32(37)11-13-35(14-12-32)20-23-18-33-30(34-19-23)24-9-7-6-8-10-24/h6-10,15-19,22H,5,11-14,20-21H2,1-4H3. The number of fused-ring (bicyclic) bond motifs is 3. The van der Waals surface area contributed by atoms with Crippen LogP contribution in [0.5, 0.6) is 11.5 Å². The van der Waals surface area contributed by atoms with Crippen LogP contribution < -0.4 is 9.47 Å². The Hall–Kier alpha value is -3.91. The van der Waals surface area contributed by atoms with Crippen molar-refractivity contribution in [3.05, 3.63) is 83.3 Å². The van der Waals surface area contributed by atoms with Crippen LogP contribution in [0.25, 0.3) is 11.4 Å². The van der Waals surface area contributed by atoms with Gasteiger partial charge in [0.25, 0.3) is 0 Å². The van der Waals surface area contributed by atoms with E-state index >= 15 is 0 Å². The van der Waals surface area contributed by atoms with Gasteiger partial charge in [0.15, 0.2) is 5.82 Å².